The molecule has 0 saturated carbocycles. The largest absolute Gasteiger partial charge is 0.381 e. The smallest absolute Gasteiger partial charge is 0.0415 e. The van der Waals surface area contributed by atoms with Gasteiger partial charge in [-0.05, 0) is 54.5 Å². The lowest BCUT2D eigenvalue weighted by atomic mass is 9.90. The molecule has 0 aliphatic heterocycles. The molecule has 1 aromatic carbocycles. The molecule has 1 aliphatic carbocycles. The van der Waals surface area contributed by atoms with Crippen molar-refractivity contribution in [3.8, 4) is 0 Å². The Bertz CT molecular complexity index is 486. The maximum atomic E-state index is 3.56. The monoisotopic (exact) mass is 226 g/mol. The number of anilines is 1. The van der Waals surface area contributed by atoms with Crippen molar-refractivity contribution in [1.29, 1.82) is 0 Å². The SMILES string of the molecule is c1cc2c(c(NCc3cc[nH]c3)c1)CCCC2. The first-order chi connectivity index (χ1) is 8.43. The molecule has 0 amide bonds. The second-order valence-corrected chi connectivity index (χ2v) is 4.72. The van der Waals surface area contributed by atoms with Gasteiger partial charge in [0.2, 0.25) is 0 Å². The molecule has 0 saturated heterocycles. The second kappa shape index (κ2) is 4.66. The number of rotatable bonds is 3. The molecule has 0 fully saturated rings. The predicted molar refractivity (Wildman–Crippen MR) is 71.2 cm³/mol. The number of hydrogen-bond donors (Lipinski definition) is 2. The van der Waals surface area contributed by atoms with Gasteiger partial charge < -0.3 is 10.3 Å². The third-order valence-corrected chi connectivity index (χ3v) is 3.54. The van der Waals surface area contributed by atoms with Crippen molar-refractivity contribution in [3.05, 3.63) is 53.3 Å². The van der Waals surface area contributed by atoms with Crippen molar-refractivity contribution < 1.29 is 0 Å². The van der Waals surface area contributed by atoms with Crippen LogP contribution >= 0.6 is 0 Å². The third kappa shape index (κ3) is 2.21. The number of H-pyrrole nitrogens is 1. The van der Waals surface area contributed by atoms with Crippen LogP contribution in [0.15, 0.2) is 36.7 Å². The Labute approximate surface area is 102 Å². The van der Waals surface area contributed by atoms with Gasteiger partial charge in [-0.3, -0.25) is 0 Å². The zero-order valence-electron chi connectivity index (χ0n) is 10.00. The maximum Gasteiger partial charge on any atom is 0.0415 e. The van der Waals surface area contributed by atoms with Crippen LogP contribution in [0.1, 0.15) is 29.5 Å². The van der Waals surface area contributed by atoms with E-state index in [1.807, 2.05) is 12.4 Å². The van der Waals surface area contributed by atoms with Crippen LogP contribution in [0.3, 0.4) is 0 Å². The second-order valence-electron chi connectivity index (χ2n) is 4.72. The highest BCUT2D eigenvalue weighted by Crippen LogP contribution is 2.28. The minimum atomic E-state index is 0.903. The lowest BCUT2D eigenvalue weighted by Gasteiger charge is -2.20. The summed E-state index contributed by atoms with van der Waals surface area (Å²) in [5.41, 5.74) is 5.70. The summed E-state index contributed by atoms with van der Waals surface area (Å²) in [4.78, 5) is 3.09. The van der Waals surface area contributed by atoms with Gasteiger partial charge in [0.05, 0.1) is 0 Å². The molecule has 0 unspecified atom stereocenters. The molecule has 3 rings (SSSR count). The molecular weight excluding hydrogens is 208 g/mol. The normalized spacial score (nSPS) is 14.4. The average Bonchev–Trinajstić information content (AvgIpc) is 2.89. The summed E-state index contributed by atoms with van der Waals surface area (Å²) >= 11 is 0. The quantitative estimate of drug-likeness (QED) is 0.823. The first kappa shape index (κ1) is 10.5. The highest BCUT2D eigenvalue weighted by molar-refractivity contribution is 5.55. The van der Waals surface area contributed by atoms with E-state index in [9.17, 15) is 0 Å². The highest BCUT2D eigenvalue weighted by atomic mass is 14.9. The molecule has 88 valence electrons. The molecule has 1 aromatic heterocycles. The highest BCUT2D eigenvalue weighted by Gasteiger charge is 2.12. The Balaban J connectivity index is 1.78. The minimum absolute atomic E-state index is 0.903. The van der Waals surface area contributed by atoms with Gasteiger partial charge in [0.1, 0.15) is 0 Å². The van der Waals surface area contributed by atoms with E-state index in [0.29, 0.717) is 0 Å². The summed E-state index contributed by atoms with van der Waals surface area (Å²) in [6, 6.07) is 8.76. The van der Waals surface area contributed by atoms with Crippen LogP contribution in [0, 0.1) is 0 Å². The van der Waals surface area contributed by atoms with Crippen molar-refractivity contribution in [2.45, 2.75) is 32.2 Å². The van der Waals surface area contributed by atoms with Crippen LogP contribution in [0.5, 0.6) is 0 Å². The standard InChI is InChI=1S/C15H18N2/c1-2-6-14-13(4-1)5-3-7-15(14)17-11-12-8-9-16-10-12/h3,5,7-10,16-17H,1-2,4,6,11H2. The van der Waals surface area contributed by atoms with Gasteiger partial charge in [-0.1, -0.05) is 12.1 Å². The lowest BCUT2D eigenvalue weighted by molar-refractivity contribution is 0.686. The van der Waals surface area contributed by atoms with Crippen LogP contribution in [-0.4, -0.2) is 4.98 Å². The van der Waals surface area contributed by atoms with Gasteiger partial charge in [-0.2, -0.15) is 0 Å². The van der Waals surface area contributed by atoms with Crippen LogP contribution in [-0.2, 0) is 19.4 Å². The summed E-state index contributed by atoms with van der Waals surface area (Å²) in [6.07, 6.45) is 9.16. The van der Waals surface area contributed by atoms with Gasteiger partial charge in [0.25, 0.3) is 0 Å². The van der Waals surface area contributed by atoms with Crippen LogP contribution < -0.4 is 5.32 Å². The van der Waals surface area contributed by atoms with E-state index in [1.54, 1.807) is 0 Å². The van der Waals surface area contributed by atoms with E-state index in [-0.39, 0.29) is 0 Å². The van der Waals surface area contributed by atoms with Crippen molar-refractivity contribution in [3.63, 3.8) is 0 Å². The fourth-order valence-electron chi connectivity index (χ4n) is 2.61. The van der Waals surface area contributed by atoms with E-state index in [1.165, 1.54) is 48.1 Å². The van der Waals surface area contributed by atoms with E-state index in [4.69, 9.17) is 0 Å². The van der Waals surface area contributed by atoms with Gasteiger partial charge in [0.15, 0.2) is 0 Å². The Morgan fingerprint density at radius 1 is 1.12 bits per heavy atom. The molecule has 0 bridgehead atoms. The van der Waals surface area contributed by atoms with E-state index in [2.05, 4.69) is 34.6 Å². The summed E-state index contributed by atoms with van der Waals surface area (Å²) in [7, 11) is 0. The molecular formula is C15H18N2. The minimum Gasteiger partial charge on any atom is -0.381 e. The maximum absolute atomic E-state index is 3.56. The molecule has 2 aromatic rings. The zero-order chi connectivity index (χ0) is 11.5. The van der Waals surface area contributed by atoms with E-state index < -0.39 is 0 Å². The molecule has 17 heavy (non-hydrogen) atoms. The number of hydrogen-bond acceptors (Lipinski definition) is 1. The van der Waals surface area contributed by atoms with Gasteiger partial charge in [0, 0.05) is 24.6 Å². The van der Waals surface area contributed by atoms with Crippen molar-refractivity contribution in [1.82, 2.24) is 4.98 Å². The predicted octanol–water partition coefficient (Wildman–Crippen LogP) is 3.51. The molecule has 1 heterocycles. The Kier molecular flexibility index (Phi) is 2.87. The third-order valence-electron chi connectivity index (χ3n) is 3.54. The Hall–Kier alpha value is -1.70. The van der Waals surface area contributed by atoms with Crippen molar-refractivity contribution in [2.24, 2.45) is 0 Å². The van der Waals surface area contributed by atoms with E-state index in [0.717, 1.165) is 6.54 Å². The molecule has 1 aliphatic rings. The Morgan fingerprint density at radius 3 is 2.94 bits per heavy atom. The van der Waals surface area contributed by atoms with Crippen LogP contribution in [0.4, 0.5) is 5.69 Å². The Morgan fingerprint density at radius 2 is 2.06 bits per heavy atom. The molecule has 0 radical (unpaired) electrons. The summed E-state index contributed by atoms with van der Waals surface area (Å²) < 4.78 is 0. The molecule has 0 atom stereocenters. The molecule has 0 spiro atoms. The number of aryl methyl sites for hydroxylation is 1. The van der Waals surface area contributed by atoms with Gasteiger partial charge >= 0.3 is 0 Å². The average molecular weight is 226 g/mol. The summed E-state index contributed by atoms with van der Waals surface area (Å²) in [6.45, 7) is 0.903. The molecule has 2 N–H and O–H groups in total. The van der Waals surface area contributed by atoms with Gasteiger partial charge in [-0.25, -0.2) is 0 Å². The number of aromatic nitrogens is 1. The van der Waals surface area contributed by atoms with Crippen molar-refractivity contribution >= 4 is 5.69 Å². The number of aromatic amines is 1. The van der Waals surface area contributed by atoms with E-state index >= 15 is 0 Å². The zero-order valence-corrected chi connectivity index (χ0v) is 10.00. The van der Waals surface area contributed by atoms with Crippen molar-refractivity contribution in [2.75, 3.05) is 5.32 Å². The summed E-state index contributed by atoms with van der Waals surface area (Å²) in [5, 5.41) is 3.56. The summed E-state index contributed by atoms with van der Waals surface area (Å²) in [5.74, 6) is 0. The van der Waals surface area contributed by atoms with Gasteiger partial charge in [-0.15, -0.1) is 0 Å². The number of fused-ring (bicyclic) bond motifs is 1. The number of nitrogens with one attached hydrogen (secondary N) is 2. The van der Waals surface area contributed by atoms with Crippen LogP contribution in [0.2, 0.25) is 0 Å². The topological polar surface area (TPSA) is 27.8 Å². The molecule has 2 heteroatoms. The fourth-order valence-corrected chi connectivity index (χ4v) is 2.61. The van der Waals surface area contributed by atoms with Crippen LogP contribution in [0.25, 0.3) is 0 Å². The lowest BCUT2D eigenvalue weighted by Crippen LogP contribution is -2.08. The molecule has 2 nitrogen and oxygen atoms in total. The number of benzene rings is 1. The first-order valence-corrected chi connectivity index (χ1v) is 6.40. The first-order valence-electron chi connectivity index (χ1n) is 6.40. The fraction of sp³-hybridized carbons (Fsp3) is 0.333.